The number of aliphatic imine (C=N–C) groups is 1. The first-order chi connectivity index (χ1) is 14.1. The van der Waals surface area contributed by atoms with Crippen molar-refractivity contribution >= 4 is 11.6 Å². The number of nitrogens with zero attached hydrogens (tertiary/aromatic N) is 4. The van der Waals surface area contributed by atoms with Gasteiger partial charge >= 0.3 is 0 Å². The van der Waals surface area contributed by atoms with Gasteiger partial charge in [-0.25, -0.2) is 8.78 Å². The van der Waals surface area contributed by atoms with Gasteiger partial charge in [0.25, 0.3) is 0 Å². The molecule has 1 N–H and O–H groups in total. The number of piperazine rings is 1. The molecule has 3 fully saturated rings. The Morgan fingerprint density at radius 2 is 2.03 bits per heavy atom. The van der Waals surface area contributed by atoms with Gasteiger partial charge in [0.2, 0.25) is 0 Å². The number of anilines is 1. The number of rotatable bonds is 4. The summed E-state index contributed by atoms with van der Waals surface area (Å²) in [6.07, 6.45) is 2.65. The molecule has 29 heavy (non-hydrogen) atoms. The average Bonchev–Trinajstić information content (AvgIpc) is 3.21. The van der Waals surface area contributed by atoms with E-state index < -0.39 is 5.82 Å². The molecule has 2 unspecified atom stereocenters. The molecule has 2 atom stereocenters. The van der Waals surface area contributed by atoms with Crippen LogP contribution in [-0.4, -0.2) is 86.9 Å². The third-order valence-corrected chi connectivity index (χ3v) is 6.07. The van der Waals surface area contributed by atoms with E-state index in [1.54, 1.807) is 0 Å². The Hall–Kier alpha value is -1.93. The molecule has 0 bridgehead atoms. The van der Waals surface area contributed by atoms with Crippen molar-refractivity contribution in [3.8, 4) is 0 Å². The van der Waals surface area contributed by atoms with E-state index in [-0.39, 0.29) is 11.9 Å². The van der Waals surface area contributed by atoms with Crippen molar-refractivity contribution in [1.82, 2.24) is 15.1 Å². The molecule has 0 aromatic heterocycles. The van der Waals surface area contributed by atoms with Crippen molar-refractivity contribution in [2.24, 2.45) is 4.99 Å². The largest absolute Gasteiger partial charge is 0.373 e. The van der Waals surface area contributed by atoms with E-state index in [1.807, 2.05) is 4.90 Å². The van der Waals surface area contributed by atoms with Gasteiger partial charge in [-0.05, 0) is 38.4 Å². The number of hydrogen-bond donors (Lipinski definition) is 1. The van der Waals surface area contributed by atoms with Crippen LogP contribution in [0.4, 0.5) is 14.5 Å². The van der Waals surface area contributed by atoms with Crippen LogP contribution in [0.2, 0.25) is 0 Å². The van der Waals surface area contributed by atoms with Gasteiger partial charge < -0.3 is 19.9 Å². The average molecular weight is 408 g/mol. The van der Waals surface area contributed by atoms with Crippen LogP contribution >= 0.6 is 0 Å². The van der Waals surface area contributed by atoms with E-state index in [0.29, 0.717) is 44.5 Å². The number of hydrogen-bond acceptors (Lipinski definition) is 4. The minimum absolute atomic E-state index is 0.140. The van der Waals surface area contributed by atoms with Crippen LogP contribution in [0.3, 0.4) is 0 Å². The maximum atomic E-state index is 14.1. The van der Waals surface area contributed by atoms with E-state index >= 15 is 0 Å². The Labute approximate surface area is 171 Å². The summed E-state index contributed by atoms with van der Waals surface area (Å²) in [5.74, 6) is 0.0838. The van der Waals surface area contributed by atoms with Crippen LogP contribution in [0.25, 0.3) is 0 Å². The highest BCUT2D eigenvalue weighted by Gasteiger charge is 2.32. The second-order valence-electron chi connectivity index (χ2n) is 8.01. The molecule has 3 aliphatic rings. The first kappa shape index (κ1) is 20.3. The Balaban J connectivity index is 1.34. The highest BCUT2D eigenvalue weighted by atomic mass is 19.1. The van der Waals surface area contributed by atoms with Crippen LogP contribution in [-0.2, 0) is 4.74 Å². The standard InChI is InChI=1S/C21H31F2N5O/c1-2-24-21(25-13-18-14-28-7-3-4-17(28)15-29-18)27-10-8-26(9-11-27)20-12-16(22)5-6-19(20)23/h5-6,12,17-18H,2-4,7-11,13-15H2,1H3,(H,24,25). The van der Waals surface area contributed by atoms with Gasteiger partial charge in [0.1, 0.15) is 11.6 Å². The second kappa shape index (κ2) is 9.26. The zero-order valence-electron chi connectivity index (χ0n) is 17.1. The van der Waals surface area contributed by atoms with Crippen LogP contribution in [0.1, 0.15) is 19.8 Å². The summed E-state index contributed by atoms with van der Waals surface area (Å²) in [7, 11) is 0. The Morgan fingerprint density at radius 1 is 1.21 bits per heavy atom. The molecule has 0 amide bonds. The monoisotopic (exact) mass is 407 g/mol. The Kier molecular flexibility index (Phi) is 6.50. The summed E-state index contributed by atoms with van der Waals surface area (Å²) >= 11 is 0. The fourth-order valence-electron chi connectivity index (χ4n) is 4.50. The van der Waals surface area contributed by atoms with Crippen LogP contribution in [0.15, 0.2) is 23.2 Å². The minimum Gasteiger partial charge on any atom is -0.373 e. The molecular weight excluding hydrogens is 376 g/mol. The van der Waals surface area contributed by atoms with Crippen molar-refractivity contribution in [3.63, 3.8) is 0 Å². The van der Waals surface area contributed by atoms with E-state index in [0.717, 1.165) is 31.7 Å². The van der Waals surface area contributed by atoms with Gasteiger partial charge in [0.05, 0.1) is 24.9 Å². The lowest BCUT2D eigenvalue weighted by Crippen LogP contribution is -2.53. The third kappa shape index (κ3) is 4.80. The van der Waals surface area contributed by atoms with Gasteiger partial charge in [0.15, 0.2) is 5.96 Å². The number of fused-ring (bicyclic) bond motifs is 1. The lowest BCUT2D eigenvalue weighted by molar-refractivity contribution is -0.0432. The first-order valence-corrected chi connectivity index (χ1v) is 10.7. The van der Waals surface area contributed by atoms with Gasteiger partial charge in [-0.3, -0.25) is 9.89 Å². The van der Waals surface area contributed by atoms with Crippen molar-refractivity contribution in [3.05, 3.63) is 29.8 Å². The van der Waals surface area contributed by atoms with E-state index in [9.17, 15) is 8.78 Å². The zero-order valence-corrected chi connectivity index (χ0v) is 17.1. The Morgan fingerprint density at radius 3 is 2.83 bits per heavy atom. The van der Waals surface area contributed by atoms with Gasteiger partial charge in [0, 0.05) is 51.4 Å². The fourth-order valence-corrected chi connectivity index (χ4v) is 4.50. The molecule has 0 radical (unpaired) electrons. The highest BCUT2D eigenvalue weighted by Crippen LogP contribution is 2.23. The molecule has 4 rings (SSSR count). The van der Waals surface area contributed by atoms with E-state index in [2.05, 4.69) is 22.0 Å². The number of halogens is 2. The number of benzene rings is 1. The van der Waals surface area contributed by atoms with Gasteiger partial charge in [-0.2, -0.15) is 0 Å². The zero-order chi connectivity index (χ0) is 20.2. The number of ether oxygens (including phenoxy) is 1. The number of morpholine rings is 1. The molecular formula is C21H31F2N5O. The summed E-state index contributed by atoms with van der Waals surface area (Å²) in [6.45, 7) is 9.10. The maximum Gasteiger partial charge on any atom is 0.194 e. The fraction of sp³-hybridized carbons (Fsp3) is 0.667. The quantitative estimate of drug-likeness (QED) is 0.610. The summed E-state index contributed by atoms with van der Waals surface area (Å²) in [5, 5.41) is 3.37. The maximum absolute atomic E-state index is 14.1. The molecule has 1 aromatic rings. The van der Waals surface area contributed by atoms with Crippen LogP contribution in [0.5, 0.6) is 0 Å². The summed E-state index contributed by atoms with van der Waals surface area (Å²) in [4.78, 5) is 11.5. The highest BCUT2D eigenvalue weighted by molar-refractivity contribution is 5.80. The topological polar surface area (TPSA) is 43.3 Å². The summed E-state index contributed by atoms with van der Waals surface area (Å²) in [6, 6.07) is 4.22. The van der Waals surface area contributed by atoms with Crippen LogP contribution in [0, 0.1) is 11.6 Å². The van der Waals surface area contributed by atoms with Crippen molar-refractivity contribution in [1.29, 1.82) is 0 Å². The minimum atomic E-state index is -0.411. The molecule has 1 aromatic carbocycles. The smallest absolute Gasteiger partial charge is 0.194 e. The lowest BCUT2D eigenvalue weighted by atomic mass is 10.2. The molecule has 0 spiro atoms. The van der Waals surface area contributed by atoms with E-state index in [4.69, 9.17) is 9.73 Å². The molecule has 160 valence electrons. The predicted molar refractivity (Wildman–Crippen MR) is 110 cm³/mol. The molecule has 3 saturated heterocycles. The molecule has 3 heterocycles. The first-order valence-electron chi connectivity index (χ1n) is 10.7. The number of nitrogens with one attached hydrogen (secondary N) is 1. The predicted octanol–water partition coefficient (Wildman–Crippen LogP) is 1.92. The van der Waals surface area contributed by atoms with Crippen LogP contribution < -0.4 is 10.2 Å². The molecule has 0 aliphatic carbocycles. The van der Waals surface area contributed by atoms with E-state index in [1.165, 1.54) is 31.5 Å². The van der Waals surface area contributed by atoms with Gasteiger partial charge in [-0.15, -0.1) is 0 Å². The summed E-state index contributed by atoms with van der Waals surface area (Å²) in [5.41, 5.74) is 0.336. The second-order valence-corrected chi connectivity index (χ2v) is 8.01. The molecule has 0 saturated carbocycles. The lowest BCUT2D eigenvalue weighted by Gasteiger charge is -2.38. The molecule has 8 heteroatoms. The number of guanidine groups is 1. The Bertz CT molecular complexity index is 723. The normalized spacial score (nSPS) is 26.0. The van der Waals surface area contributed by atoms with Gasteiger partial charge in [-0.1, -0.05) is 0 Å². The van der Waals surface area contributed by atoms with Crippen molar-refractivity contribution in [2.45, 2.75) is 31.9 Å². The SMILES string of the molecule is CCNC(=NCC1CN2CCCC2CO1)N1CCN(c2cc(F)ccc2F)CC1. The summed E-state index contributed by atoms with van der Waals surface area (Å²) < 4.78 is 33.6. The van der Waals surface area contributed by atoms with Crippen molar-refractivity contribution < 1.29 is 13.5 Å². The molecule has 6 nitrogen and oxygen atoms in total. The third-order valence-electron chi connectivity index (χ3n) is 6.07. The molecule has 3 aliphatic heterocycles. The van der Waals surface area contributed by atoms with Crippen molar-refractivity contribution in [2.75, 3.05) is 63.9 Å².